The van der Waals surface area contributed by atoms with Gasteiger partial charge in [0, 0.05) is 29.7 Å². The van der Waals surface area contributed by atoms with Crippen molar-refractivity contribution in [3.63, 3.8) is 0 Å². The fraction of sp³-hybridized carbons (Fsp3) is 0.444. The number of hydrogen-bond acceptors (Lipinski definition) is 2. The lowest BCUT2D eigenvalue weighted by Crippen LogP contribution is -2.45. The second-order valence-corrected chi connectivity index (χ2v) is 6.17. The van der Waals surface area contributed by atoms with Gasteiger partial charge in [-0.05, 0) is 30.9 Å². The molecule has 0 spiro atoms. The van der Waals surface area contributed by atoms with E-state index in [4.69, 9.17) is 0 Å². The second kappa shape index (κ2) is 7.31. The van der Waals surface area contributed by atoms with Crippen LogP contribution in [0.4, 0.5) is 0 Å². The van der Waals surface area contributed by atoms with E-state index in [2.05, 4.69) is 21.7 Å². The van der Waals surface area contributed by atoms with Crippen molar-refractivity contribution in [2.24, 2.45) is 0 Å². The summed E-state index contributed by atoms with van der Waals surface area (Å²) in [4.78, 5) is 27.0. The first-order chi connectivity index (χ1) is 11.2. The Bertz CT molecular complexity index is 686. The van der Waals surface area contributed by atoms with E-state index in [9.17, 15) is 9.59 Å². The molecule has 5 heteroatoms. The van der Waals surface area contributed by atoms with Crippen LogP contribution in [-0.4, -0.2) is 29.4 Å². The molecule has 122 valence electrons. The molecule has 1 saturated carbocycles. The second-order valence-electron chi connectivity index (χ2n) is 6.17. The minimum absolute atomic E-state index is 0.163. The van der Waals surface area contributed by atoms with Crippen LogP contribution in [0.5, 0.6) is 0 Å². The normalized spacial score (nSPS) is 15.5. The van der Waals surface area contributed by atoms with Gasteiger partial charge >= 0.3 is 11.8 Å². The fourth-order valence-electron chi connectivity index (χ4n) is 3.23. The van der Waals surface area contributed by atoms with Gasteiger partial charge in [0.2, 0.25) is 0 Å². The van der Waals surface area contributed by atoms with Gasteiger partial charge in [0.1, 0.15) is 0 Å². The summed E-state index contributed by atoms with van der Waals surface area (Å²) in [6, 6.07) is 8.22. The maximum Gasteiger partial charge on any atom is 0.309 e. The number of rotatable bonds is 4. The summed E-state index contributed by atoms with van der Waals surface area (Å²) >= 11 is 0. The van der Waals surface area contributed by atoms with Crippen LogP contribution >= 0.6 is 0 Å². The van der Waals surface area contributed by atoms with Crippen molar-refractivity contribution in [1.82, 2.24) is 15.6 Å². The van der Waals surface area contributed by atoms with Crippen molar-refractivity contribution in [2.45, 2.75) is 44.6 Å². The van der Waals surface area contributed by atoms with Crippen LogP contribution in [0.2, 0.25) is 0 Å². The molecule has 5 nitrogen and oxygen atoms in total. The molecule has 1 aliphatic carbocycles. The third kappa shape index (κ3) is 3.92. The molecule has 0 unspecified atom stereocenters. The molecule has 3 N–H and O–H groups in total. The third-order valence-electron chi connectivity index (χ3n) is 4.50. The summed E-state index contributed by atoms with van der Waals surface area (Å²) in [5, 5.41) is 6.71. The highest BCUT2D eigenvalue weighted by molar-refractivity contribution is 6.35. The Kier molecular flexibility index (Phi) is 4.95. The zero-order chi connectivity index (χ0) is 16.1. The maximum atomic E-state index is 11.9. The number of H-pyrrole nitrogens is 1. The molecule has 1 heterocycles. The lowest BCUT2D eigenvalue weighted by atomic mass is 9.95. The lowest BCUT2D eigenvalue weighted by molar-refractivity contribution is -0.139. The predicted molar refractivity (Wildman–Crippen MR) is 90.0 cm³/mol. The Hall–Kier alpha value is -2.30. The summed E-state index contributed by atoms with van der Waals surface area (Å²) in [5.74, 6) is -1.04. The number of benzene rings is 1. The first kappa shape index (κ1) is 15.6. The molecule has 0 aliphatic heterocycles. The van der Waals surface area contributed by atoms with Crippen LogP contribution in [0.15, 0.2) is 30.5 Å². The Morgan fingerprint density at radius 3 is 2.70 bits per heavy atom. The van der Waals surface area contributed by atoms with Gasteiger partial charge in [-0.15, -0.1) is 0 Å². The summed E-state index contributed by atoms with van der Waals surface area (Å²) in [6.07, 6.45) is 8.11. The van der Waals surface area contributed by atoms with Gasteiger partial charge in [-0.2, -0.15) is 0 Å². The topological polar surface area (TPSA) is 74.0 Å². The molecule has 1 aromatic carbocycles. The number of para-hydroxylation sites is 1. The number of aromatic amines is 1. The van der Waals surface area contributed by atoms with E-state index in [1.165, 1.54) is 6.42 Å². The van der Waals surface area contributed by atoms with E-state index in [1.807, 2.05) is 24.4 Å². The third-order valence-corrected chi connectivity index (χ3v) is 4.50. The summed E-state index contributed by atoms with van der Waals surface area (Å²) in [7, 11) is 0. The molecule has 23 heavy (non-hydrogen) atoms. The summed E-state index contributed by atoms with van der Waals surface area (Å²) < 4.78 is 0. The SMILES string of the molecule is O=C(NCCc1c[nH]c2ccccc12)C(=O)NC1CCCCC1. The minimum Gasteiger partial charge on any atom is -0.361 e. The van der Waals surface area contributed by atoms with Crippen LogP contribution in [0.25, 0.3) is 10.9 Å². The molecule has 1 aromatic heterocycles. The number of carbonyl (C=O) groups excluding carboxylic acids is 2. The molecule has 1 fully saturated rings. The van der Waals surface area contributed by atoms with Gasteiger partial charge in [-0.3, -0.25) is 9.59 Å². The first-order valence-electron chi connectivity index (χ1n) is 8.38. The minimum atomic E-state index is -0.532. The number of aromatic nitrogens is 1. The van der Waals surface area contributed by atoms with Crippen LogP contribution in [-0.2, 0) is 16.0 Å². The van der Waals surface area contributed by atoms with E-state index >= 15 is 0 Å². The van der Waals surface area contributed by atoms with Gasteiger partial charge in [0.25, 0.3) is 0 Å². The van der Waals surface area contributed by atoms with Crippen molar-refractivity contribution < 1.29 is 9.59 Å². The van der Waals surface area contributed by atoms with E-state index in [0.29, 0.717) is 13.0 Å². The smallest absolute Gasteiger partial charge is 0.309 e. The zero-order valence-corrected chi connectivity index (χ0v) is 13.2. The van der Waals surface area contributed by atoms with E-state index in [0.717, 1.165) is 42.1 Å². The standard InChI is InChI=1S/C18H23N3O2/c22-17(18(23)21-14-6-2-1-3-7-14)19-11-10-13-12-20-16-9-5-4-8-15(13)16/h4-5,8-9,12,14,20H,1-3,6-7,10-11H2,(H,19,22)(H,21,23). The fourth-order valence-corrected chi connectivity index (χ4v) is 3.23. The Balaban J connectivity index is 1.46. The van der Waals surface area contributed by atoms with Gasteiger partial charge < -0.3 is 15.6 Å². The number of amides is 2. The predicted octanol–water partition coefficient (Wildman–Crippen LogP) is 2.28. The lowest BCUT2D eigenvalue weighted by Gasteiger charge is -2.22. The van der Waals surface area contributed by atoms with Gasteiger partial charge in [0.05, 0.1) is 0 Å². The largest absolute Gasteiger partial charge is 0.361 e. The van der Waals surface area contributed by atoms with Crippen LogP contribution in [0.3, 0.4) is 0 Å². The van der Waals surface area contributed by atoms with E-state index < -0.39 is 11.8 Å². The molecule has 2 aromatic rings. The summed E-state index contributed by atoms with van der Waals surface area (Å²) in [5.41, 5.74) is 2.23. The number of hydrogen-bond donors (Lipinski definition) is 3. The van der Waals surface area contributed by atoms with Crippen molar-refractivity contribution in [1.29, 1.82) is 0 Å². The highest BCUT2D eigenvalue weighted by Crippen LogP contribution is 2.18. The maximum absolute atomic E-state index is 11.9. The molecule has 0 radical (unpaired) electrons. The molecule has 0 saturated heterocycles. The van der Waals surface area contributed by atoms with Gasteiger partial charge in [-0.1, -0.05) is 37.5 Å². The van der Waals surface area contributed by atoms with Crippen molar-refractivity contribution >= 4 is 22.7 Å². The Morgan fingerprint density at radius 2 is 1.87 bits per heavy atom. The van der Waals surface area contributed by atoms with Gasteiger partial charge in [0.15, 0.2) is 0 Å². The molecule has 0 bridgehead atoms. The van der Waals surface area contributed by atoms with Crippen LogP contribution < -0.4 is 10.6 Å². The number of fused-ring (bicyclic) bond motifs is 1. The van der Waals surface area contributed by atoms with Crippen molar-refractivity contribution in [3.05, 3.63) is 36.0 Å². The Labute approximate surface area is 135 Å². The average molecular weight is 313 g/mol. The van der Waals surface area contributed by atoms with Crippen LogP contribution in [0, 0.1) is 0 Å². The molecular formula is C18H23N3O2. The highest BCUT2D eigenvalue weighted by atomic mass is 16.2. The van der Waals surface area contributed by atoms with Gasteiger partial charge in [-0.25, -0.2) is 0 Å². The van der Waals surface area contributed by atoms with Crippen LogP contribution in [0.1, 0.15) is 37.7 Å². The molecule has 3 rings (SSSR count). The number of carbonyl (C=O) groups is 2. The molecule has 2 amide bonds. The molecule has 1 aliphatic rings. The zero-order valence-electron chi connectivity index (χ0n) is 13.2. The van der Waals surface area contributed by atoms with Crippen molar-refractivity contribution in [2.75, 3.05) is 6.54 Å². The Morgan fingerprint density at radius 1 is 1.09 bits per heavy atom. The summed E-state index contributed by atoms with van der Waals surface area (Å²) in [6.45, 7) is 0.457. The molecular weight excluding hydrogens is 290 g/mol. The van der Waals surface area contributed by atoms with E-state index in [-0.39, 0.29) is 6.04 Å². The molecule has 0 atom stereocenters. The average Bonchev–Trinajstić information content (AvgIpc) is 2.99. The highest BCUT2D eigenvalue weighted by Gasteiger charge is 2.20. The first-order valence-corrected chi connectivity index (χ1v) is 8.38. The van der Waals surface area contributed by atoms with Crippen molar-refractivity contribution in [3.8, 4) is 0 Å². The van der Waals surface area contributed by atoms with E-state index in [1.54, 1.807) is 0 Å². The number of nitrogens with one attached hydrogen (secondary N) is 3. The quantitative estimate of drug-likeness (QED) is 0.758. The monoisotopic (exact) mass is 313 g/mol.